The number of ether oxygens (including phenoxy) is 2. The first-order chi connectivity index (χ1) is 14.1. The lowest BCUT2D eigenvalue weighted by Crippen LogP contribution is -2.20. The molecule has 6 heteroatoms. The van der Waals surface area contributed by atoms with E-state index in [1.165, 1.54) is 0 Å². The lowest BCUT2D eigenvalue weighted by Gasteiger charge is -2.11. The average Bonchev–Trinajstić information content (AvgIpc) is 3.61. The largest absolute Gasteiger partial charge is 0.497 e. The Morgan fingerprint density at radius 1 is 1.07 bits per heavy atom. The van der Waals surface area contributed by atoms with E-state index in [1.54, 1.807) is 20.3 Å². The summed E-state index contributed by atoms with van der Waals surface area (Å²) in [6, 6.07) is 15.1. The van der Waals surface area contributed by atoms with Gasteiger partial charge >= 0.3 is 0 Å². The standard InChI is InChI=1S/C23H23N3O3/c1-14(17-11-10-16(28-2)12-22(17)29-3)25-26-23(27)19-13-21(15-8-9-15)24-20-7-5-4-6-18(19)20/h4-7,10-13,15H,8-9H2,1-3H3,(H,26,27). The molecular formula is C23H23N3O3. The molecule has 1 heterocycles. The van der Waals surface area contributed by atoms with Gasteiger partial charge in [-0.15, -0.1) is 0 Å². The molecule has 0 aliphatic heterocycles. The lowest BCUT2D eigenvalue weighted by molar-refractivity contribution is 0.0956. The first-order valence-electron chi connectivity index (χ1n) is 9.57. The van der Waals surface area contributed by atoms with Gasteiger partial charge in [-0.05, 0) is 44.0 Å². The minimum absolute atomic E-state index is 0.252. The second kappa shape index (κ2) is 7.91. The number of fused-ring (bicyclic) bond motifs is 1. The second-order valence-corrected chi connectivity index (χ2v) is 7.09. The van der Waals surface area contributed by atoms with Crippen molar-refractivity contribution < 1.29 is 14.3 Å². The predicted octanol–water partition coefficient (Wildman–Crippen LogP) is 4.28. The van der Waals surface area contributed by atoms with Crippen molar-refractivity contribution in [1.29, 1.82) is 0 Å². The highest BCUT2D eigenvalue weighted by Gasteiger charge is 2.27. The number of hydrogen-bond acceptors (Lipinski definition) is 5. The molecule has 1 N–H and O–H groups in total. The number of nitrogens with zero attached hydrogens (tertiary/aromatic N) is 2. The zero-order chi connectivity index (χ0) is 20.4. The molecule has 0 radical (unpaired) electrons. The van der Waals surface area contributed by atoms with Gasteiger partial charge in [-0.2, -0.15) is 5.10 Å². The van der Waals surface area contributed by atoms with Crippen LogP contribution in [0.5, 0.6) is 11.5 Å². The molecule has 1 aromatic heterocycles. The third-order valence-corrected chi connectivity index (χ3v) is 5.10. The van der Waals surface area contributed by atoms with Gasteiger partial charge in [0.15, 0.2) is 0 Å². The molecule has 0 bridgehead atoms. The van der Waals surface area contributed by atoms with Gasteiger partial charge in [0.1, 0.15) is 11.5 Å². The fraction of sp³-hybridized carbons (Fsp3) is 0.261. The van der Waals surface area contributed by atoms with Gasteiger partial charge in [0.05, 0.1) is 31.0 Å². The number of amides is 1. The van der Waals surface area contributed by atoms with Crippen LogP contribution in [0.2, 0.25) is 0 Å². The monoisotopic (exact) mass is 389 g/mol. The van der Waals surface area contributed by atoms with Crippen LogP contribution in [0.15, 0.2) is 53.6 Å². The SMILES string of the molecule is COc1ccc(C(C)=NNC(=O)c2cc(C3CC3)nc3ccccc23)c(OC)c1. The van der Waals surface area contributed by atoms with Crippen LogP contribution in [0, 0.1) is 0 Å². The van der Waals surface area contributed by atoms with E-state index >= 15 is 0 Å². The number of benzene rings is 2. The normalized spacial score (nSPS) is 14.0. The molecule has 1 saturated carbocycles. The van der Waals surface area contributed by atoms with Gasteiger partial charge < -0.3 is 9.47 Å². The molecule has 2 aromatic carbocycles. The summed E-state index contributed by atoms with van der Waals surface area (Å²) < 4.78 is 10.7. The molecule has 1 fully saturated rings. The van der Waals surface area contributed by atoms with Crippen LogP contribution < -0.4 is 14.9 Å². The average molecular weight is 389 g/mol. The molecule has 0 atom stereocenters. The third-order valence-electron chi connectivity index (χ3n) is 5.10. The highest BCUT2D eigenvalue weighted by molar-refractivity contribution is 6.07. The zero-order valence-corrected chi connectivity index (χ0v) is 16.7. The van der Waals surface area contributed by atoms with Crippen molar-refractivity contribution in [3.05, 3.63) is 65.4 Å². The Balaban J connectivity index is 1.63. The van der Waals surface area contributed by atoms with E-state index in [2.05, 4.69) is 10.5 Å². The van der Waals surface area contributed by atoms with Crippen LogP contribution in [0.25, 0.3) is 10.9 Å². The summed E-state index contributed by atoms with van der Waals surface area (Å²) in [4.78, 5) is 17.7. The predicted molar refractivity (Wildman–Crippen MR) is 113 cm³/mol. The van der Waals surface area contributed by atoms with Crippen LogP contribution in [0.3, 0.4) is 0 Å². The van der Waals surface area contributed by atoms with Gasteiger partial charge in [-0.1, -0.05) is 18.2 Å². The maximum atomic E-state index is 12.9. The fourth-order valence-electron chi connectivity index (χ4n) is 3.32. The first-order valence-corrected chi connectivity index (χ1v) is 9.57. The van der Waals surface area contributed by atoms with Gasteiger partial charge in [0.25, 0.3) is 5.91 Å². The molecule has 4 rings (SSSR count). The number of pyridine rings is 1. The summed E-state index contributed by atoms with van der Waals surface area (Å²) in [7, 11) is 3.19. The van der Waals surface area contributed by atoms with Crippen molar-refractivity contribution in [2.24, 2.45) is 5.10 Å². The summed E-state index contributed by atoms with van der Waals surface area (Å²) in [5.41, 5.74) is 6.52. The van der Waals surface area contributed by atoms with Crippen LogP contribution >= 0.6 is 0 Å². The van der Waals surface area contributed by atoms with E-state index < -0.39 is 0 Å². The second-order valence-electron chi connectivity index (χ2n) is 7.09. The highest BCUT2D eigenvalue weighted by atomic mass is 16.5. The number of methoxy groups -OCH3 is 2. The lowest BCUT2D eigenvalue weighted by atomic mass is 10.1. The first kappa shape index (κ1) is 18.9. The molecule has 1 aliphatic rings. The van der Waals surface area contributed by atoms with Crippen molar-refractivity contribution in [2.45, 2.75) is 25.7 Å². The van der Waals surface area contributed by atoms with Gasteiger partial charge in [-0.25, -0.2) is 5.43 Å². The van der Waals surface area contributed by atoms with Crippen molar-refractivity contribution in [2.75, 3.05) is 14.2 Å². The molecule has 148 valence electrons. The maximum absolute atomic E-state index is 12.9. The highest BCUT2D eigenvalue weighted by Crippen LogP contribution is 2.40. The van der Waals surface area contributed by atoms with Gasteiger partial charge in [0, 0.05) is 28.6 Å². The molecular weight excluding hydrogens is 366 g/mol. The van der Waals surface area contributed by atoms with Crippen LogP contribution in [-0.2, 0) is 0 Å². The molecule has 1 aliphatic carbocycles. The smallest absolute Gasteiger partial charge is 0.272 e. The summed E-state index contributed by atoms with van der Waals surface area (Å²) >= 11 is 0. The number of hydrazone groups is 1. The third kappa shape index (κ3) is 3.92. The minimum Gasteiger partial charge on any atom is -0.497 e. The number of hydrogen-bond donors (Lipinski definition) is 1. The molecule has 3 aromatic rings. The number of rotatable bonds is 6. The Hall–Kier alpha value is -3.41. The van der Waals surface area contributed by atoms with Crippen molar-refractivity contribution in [3.8, 4) is 11.5 Å². The number of carbonyl (C=O) groups is 1. The Morgan fingerprint density at radius 3 is 2.59 bits per heavy atom. The zero-order valence-electron chi connectivity index (χ0n) is 16.7. The Bertz CT molecular complexity index is 1100. The summed E-state index contributed by atoms with van der Waals surface area (Å²) in [6.45, 7) is 1.82. The Morgan fingerprint density at radius 2 is 1.86 bits per heavy atom. The molecule has 29 heavy (non-hydrogen) atoms. The van der Waals surface area contributed by atoms with Crippen LogP contribution in [0.4, 0.5) is 0 Å². The number of nitrogens with one attached hydrogen (secondary N) is 1. The molecule has 0 spiro atoms. The van der Waals surface area contributed by atoms with Crippen LogP contribution in [0.1, 0.15) is 47.3 Å². The summed E-state index contributed by atoms with van der Waals surface area (Å²) in [5.74, 6) is 1.53. The van der Waals surface area contributed by atoms with Crippen molar-refractivity contribution in [3.63, 3.8) is 0 Å². The number of para-hydroxylation sites is 1. The molecule has 6 nitrogen and oxygen atoms in total. The number of carbonyl (C=O) groups excluding carboxylic acids is 1. The Kier molecular flexibility index (Phi) is 5.16. The van der Waals surface area contributed by atoms with E-state index in [-0.39, 0.29) is 5.91 Å². The summed E-state index contributed by atoms with van der Waals surface area (Å²) in [6.07, 6.45) is 2.25. The molecule has 1 amide bonds. The molecule has 0 saturated heterocycles. The minimum atomic E-state index is -0.252. The van der Waals surface area contributed by atoms with Crippen molar-refractivity contribution >= 4 is 22.5 Å². The fourth-order valence-corrected chi connectivity index (χ4v) is 3.32. The van der Waals surface area contributed by atoms with Crippen LogP contribution in [-0.4, -0.2) is 30.8 Å². The quantitative estimate of drug-likeness (QED) is 0.504. The van der Waals surface area contributed by atoms with E-state index in [0.717, 1.165) is 35.0 Å². The number of aromatic nitrogens is 1. The summed E-state index contributed by atoms with van der Waals surface area (Å²) in [5, 5.41) is 5.13. The molecule has 0 unspecified atom stereocenters. The van der Waals surface area contributed by atoms with E-state index in [0.29, 0.717) is 28.7 Å². The van der Waals surface area contributed by atoms with Gasteiger partial charge in [-0.3, -0.25) is 9.78 Å². The van der Waals surface area contributed by atoms with E-state index in [1.807, 2.05) is 49.4 Å². The van der Waals surface area contributed by atoms with Crippen molar-refractivity contribution in [1.82, 2.24) is 10.4 Å². The Labute approximate surface area is 169 Å². The maximum Gasteiger partial charge on any atom is 0.272 e. The topological polar surface area (TPSA) is 72.8 Å². The van der Waals surface area contributed by atoms with E-state index in [4.69, 9.17) is 14.5 Å². The van der Waals surface area contributed by atoms with Gasteiger partial charge in [0.2, 0.25) is 0 Å². The van der Waals surface area contributed by atoms with E-state index in [9.17, 15) is 4.79 Å².